The zero-order valence-electron chi connectivity index (χ0n) is 11.9. The molecule has 1 saturated carbocycles. The average molecular weight is 248 g/mol. The van der Waals surface area contributed by atoms with Gasteiger partial charge in [-0.05, 0) is 44.4 Å². The summed E-state index contributed by atoms with van der Waals surface area (Å²) in [5.41, 5.74) is 0. The number of unbranched alkanes of at least 4 members (excludes halogenated alkanes) is 2. The number of rotatable bonds is 9. The second-order valence-corrected chi connectivity index (χ2v) is 5.39. The Bertz CT molecular complexity index is 286. The molecule has 18 heavy (non-hydrogen) atoms. The third-order valence-corrected chi connectivity index (χ3v) is 3.47. The van der Waals surface area contributed by atoms with Crippen LogP contribution in [-0.2, 0) is 0 Å². The summed E-state index contributed by atoms with van der Waals surface area (Å²) >= 11 is 0. The first kappa shape index (κ1) is 15.2. The van der Waals surface area contributed by atoms with Gasteiger partial charge in [-0.3, -0.25) is 0 Å². The van der Waals surface area contributed by atoms with Gasteiger partial charge in [-0.1, -0.05) is 56.2 Å². The van der Waals surface area contributed by atoms with Crippen molar-refractivity contribution in [2.45, 2.75) is 58.5 Å². The first-order valence-electron chi connectivity index (χ1n) is 7.40. The lowest BCUT2D eigenvalue weighted by Crippen LogP contribution is -1.90. The van der Waals surface area contributed by atoms with Crippen LogP contribution in [0.4, 0.5) is 0 Å². The smallest absolute Gasteiger partial charge is 0.0695 e. The zero-order chi connectivity index (χ0) is 13.2. The van der Waals surface area contributed by atoms with Crippen LogP contribution in [0.3, 0.4) is 0 Å². The Kier molecular flexibility index (Phi) is 7.75. The summed E-state index contributed by atoms with van der Waals surface area (Å²) in [4.78, 5) is 0. The maximum Gasteiger partial charge on any atom is 0.0695 e. The molecule has 0 aromatic rings. The molecule has 0 aromatic heterocycles. The Hall–Kier alpha value is -0.820. The lowest BCUT2D eigenvalue weighted by atomic mass is 10.1. The van der Waals surface area contributed by atoms with Crippen molar-refractivity contribution in [3.8, 4) is 0 Å². The first-order valence-corrected chi connectivity index (χ1v) is 7.40. The van der Waals surface area contributed by atoms with Crippen molar-refractivity contribution >= 4 is 0 Å². The van der Waals surface area contributed by atoms with Gasteiger partial charge in [0.2, 0.25) is 0 Å². The van der Waals surface area contributed by atoms with E-state index in [9.17, 15) is 0 Å². The fraction of sp³-hybridized carbons (Fsp3) is 0.647. The van der Waals surface area contributed by atoms with E-state index in [-0.39, 0.29) is 6.10 Å². The van der Waals surface area contributed by atoms with Crippen molar-refractivity contribution in [2.75, 3.05) is 0 Å². The summed E-state index contributed by atoms with van der Waals surface area (Å²) in [5.74, 6) is 1.82. The van der Waals surface area contributed by atoms with Crippen LogP contribution < -0.4 is 0 Å². The predicted molar refractivity (Wildman–Crippen MR) is 79.5 cm³/mol. The highest BCUT2D eigenvalue weighted by Crippen LogP contribution is 2.44. The molecule has 1 heteroatoms. The van der Waals surface area contributed by atoms with Gasteiger partial charge in [-0.2, -0.15) is 0 Å². The summed E-state index contributed by atoms with van der Waals surface area (Å²) < 4.78 is 0. The molecule has 1 fully saturated rings. The van der Waals surface area contributed by atoms with Gasteiger partial charge >= 0.3 is 0 Å². The first-order chi connectivity index (χ1) is 8.74. The van der Waals surface area contributed by atoms with Gasteiger partial charge in [0.15, 0.2) is 0 Å². The maximum absolute atomic E-state index is 9.05. The standard InChI is InChI=1S/C17H28O/c1-3-4-5-6-9-12-16-14-17(16)13-10-7-8-11-15(2)18/h6-11,15-18H,3-5,12-14H2,1-2H3/b9-6-,10-7-,11-8+/t15-,16-,17+/m1/s1. The van der Waals surface area contributed by atoms with E-state index in [2.05, 4.69) is 31.2 Å². The molecule has 0 aromatic carbocycles. The predicted octanol–water partition coefficient (Wildman–Crippen LogP) is 4.64. The molecule has 1 rings (SSSR count). The summed E-state index contributed by atoms with van der Waals surface area (Å²) in [6, 6.07) is 0. The molecule has 1 aliphatic carbocycles. The van der Waals surface area contributed by atoms with Crippen LogP contribution in [0, 0.1) is 11.8 Å². The highest BCUT2D eigenvalue weighted by molar-refractivity contribution is 5.06. The van der Waals surface area contributed by atoms with Crippen molar-refractivity contribution in [3.05, 3.63) is 36.5 Å². The van der Waals surface area contributed by atoms with Crippen LogP contribution in [0.15, 0.2) is 36.5 Å². The molecule has 102 valence electrons. The number of hydrogen-bond acceptors (Lipinski definition) is 1. The molecule has 1 aliphatic rings. The molecule has 1 N–H and O–H groups in total. The van der Waals surface area contributed by atoms with E-state index >= 15 is 0 Å². The summed E-state index contributed by atoms with van der Waals surface area (Å²) in [5, 5.41) is 9.05. The van der Waals surface area contributed by atoms with Crippen LogP contribution in [0.1, 0.15) is 52.4 Å². The number of aliphatic hydroxyl groups excluding tert-OH is 1. The van der Waals surface area contributed by atoms with E-state index in [0.717, 1.165) is 11.8 Å². The van der Waals surface area contributed by atoms with E-state index < -0.39 is 0 Å². The van der Waals surface area contributed by atoms with Gasteiger partial charge < -0.3 is 5.11 Å². The van der Waals surface area contributed by atoms with Gasteiger partial charge in [0.05, 0.1) is 6.10 Å². The number of allylic oxidation sites excluding steroid dienone is 5. The minimum atomic E-state index is -0.336. The van der Waals surface area contributed by atoms with Crippen molar-refractivity contribution in [1.82, 2.24) is 0 Å². The summed E-state index contributed by atoms with van der Waals surface area (Å²) in [6.45, 7) is 4.01. The molecule has 0 radical (unpaired) electrons. The molecule has 0 amide bonds. The van der Waals surface area contributed by atoms with Crippen LogP contribution >= 0.6 is 0 Å². The van der Waals surface area contributed by atoms with E-state index in [4.69, 9.17) is 5.11 Å². The Morgan fingerprint density at radius 2 is 1.83 bits per heavy atom. The second-order valence-electron chi connectivity index (χ2n) is 5.39. The van der Waals surface area contributed by atoms with Crippen molar-refractivity contribution in [3.63, 3.8) is 0 Å². The molecule has 0 aliphatic heterocycles. The molecule has 0 heterocycles. The topological polar surface area (TPSA) is 20.2 Å². The van der Waals surface area contributed by atoms with Gasteiger partial charge in [0.1, 0.15) is 0 Å². The van der Waals surface area contributed by atoms with Crippen LogP contribution in [0.5, 0.6) is 0 Å². The van der Waals surface area contributed by atoms with Crippen LogP contribution in [-0.4, -0.2) is 11.2 Å². The lowest BCUT2D eigenvalue weighted by Gasteiger charge is -1.93. The molecule has 0 bridgehead atoms. The molecule has 1 nitrogen and oxygen atoms in total. The molecule has 3 atom stereocenters. The van der Waals surface area contributed by atoms with E-state index in [1.807, 2.05) is 6.08 Å². The summed E-state index contributed by atoms with van der Waals surface area (Å²) in [7, 11) is 0. The monoisotopic (exact) mass is 248 g/mol. The Morgan fingerprint density at radius 3 is 2.50 bits per heavy atom. The van der Waals surface area contributed by atoms with E-state index in [1.54, 1.807) is 13.0 Å². The Labute approximate surface area is 112 Å². The van der Waals surface area contributed by atoms with Gasteiger partial charge in [0.25, 0.3) is 0 Å². The van der Waals surface area contributed by atoms with Crippen molar-refractivity contribution < 1.29 is 5.11 Å². The maximum atomic E-state index is 9.05. The summed E-state index contributed by atoms with van der Waals surface area (Å²) in [6.07, 6.45) is 20.1. The lowest BCUT2D eigenvalue weighted by molar-refractivity contribution is 0.244. The van der Waals surface area contributed by atoms with Crippen molar-refractivity contribution in [2.24, 2.45) is 11.8 Å². The highest BCUT2D eigenvalue weighted by atomic mass is 16.3. The molecule has 0 saturated heterocycles. The number of aliphatic hydroxyl groups is 1. The third kappa shape index (κ3) is 7.50. The van der Waals surface area contributed by atoms with Gasteiger partial charge in [-0.15, -0.1) is 0 Å². The Morgan fingerprint density at radius 1 is 1.11 bits per heavy atom. The van der Waals surface area contributed by atoms with Gasteiger partial charge in [-0.25, -0.2) is 0 Å². The molecule has 0 unspecified atom stereocenters. The van der Waals surface area contributed by atoms with Crippen molar-refractivity contribution in [1.29, 1.82) is 0 Å². The second kappa shape index (κ2) is 9.16. The minimum Gasteiger partial charge on any atom is -0.389 e. The molecular weight excluding hydrogens is 220 g/mol. The average Bonchev–Trinajstić information content (AvgIpc) is 3.07. The molecule has 0 spiro atoms. The van der Waals surface area contributed by atoms with E-state index in [0.29, 0.717) is 0 Å². The largest absolute Gasteiger partial charge is 0.389 e. The third-order valence-electron chi connectivity index (χ3n) is 3.47. The highest BCUT2D eigenvalue weighted by Gasteiger charge is 2.34. The van der Waals surface area contributed by atoms with Crippen LogP contribution in [0.25, 0.3) is 0 Å². The minimum absolute atomic E-state index is 0.336. The Balaban J connectivity index is 2.02. The fourth-order valence-electron chi connectivity index (χ4n) is 2.16. The zero-order valence-corrected chi connectivity index (χ0v) is 11.9. The molecular formula is C17H28O. The van der Waals surface area contributed by atoms with E-state index in [1.165, 1.54) is 38.5 Å². The SMILES string of the molecule is CCCC/C=C\C[C@@H]1C[C@@H]1C/C=C\C=C\[C@@H](C)O. The fourth-order valence-corrected chi connectivity index (χ4v) is 2.16. The number of hydrogen-bond donors (Lipinski definition) is 1. The quantitative estimate of drug-likeness (QED) is 0.358. The normalized spacial score (nSPS) is 25.5. The van der Waals surface area contributed by atoms with Crippen LogP contribution in [0.2, 0.25) is 0 Å². The van der Waals surface area contributed by atoms with Gasteiger partial charge in [0, 0.05) is 0 Å².